The van der Waals surface area contributed by atoms with Gasteiger partial charge in [-0.1, -0.05) is 24.2 Å². The smallest absolute Gasteiger partial charge is 0.352 e. The van der Waals surface area contributed by atoms with Crippen LogP contribution < -0.4 is 10.2 Å². The zero-order chi connectivity index (χ0) is 29.4. The normalized spacial score (nSPS) is 14.5. The number of benzene rings is 2. The number of rotatable bonds is 5. The lowest BCUT2D eigenvalue weighted by molar-refractivity contribution is -0.138. The fraction of sp³-hybridized carbons (Fsp3) is 0.333. The predicted octanol–water partition coefficient (Wildman–Crippen LogP) is 6.63. The van der Waals surface area contributed by atoms with Gasteiger partial charge in [0.25, 0.3) is 5.71 Å². The van der Waals surface area contributed by atoms with Crippen LogP contribution >= 0.6 is 0 Å². The van der Waals surface area contributed by atoms with Gasteiger partial charge in [-0.15, -0.1) is 0 Å². The average molecular weight is 579 g/mol. The van der Waals surface area contributed by atoms with E-state index in [0.29, 0.717) is 36.5 Å². The minimum Gasteiger partial charge on any atom is -0.352 e. The third-order valence-electron chi connectivity index (χ3n) is 6.63. The molecule has 0 bridgehead atoms. The number of aromatic nitrogens is 3. The standard InChI is InChI=1S/C27H24F6N6O2/c1-2-4-20-35-23(21-22(37-41-24(21)36-20)16-5-3-6-18(15-16)27(31,32)33)38-11-13-39(14-12-38)25(40)34-19-9-7-17(8-10-19)26(28,29)30/h3,5-10,15H,2,4,11-14H2,1H3,(H,34,40). The van der Waals surface area contributed by atoms with E-state index in [9.17, 15) is 31.1 Å². The Morgan fingerprint density at radius 1 is 0.927 bits per heavy atom. The summed E-state index contributed by atoms with van der Waals surface area (Å²) in [7, 11) is 0. The minimum atomic E-state index is -4.54. The number of nitrogens with one attached hydrogen (secondary N) is 1. The van der Waals surface area contributed by atoms with Crippen molar-refractivity contribution in [1.29, 1.82) is 0 Å². The summed E-state index contributed by atoms with van der Waals surface area (Å²) in [4.78, 5) is 25.3. The molecule has 2 aromatic carbocycles. The molecule has 0 radical (unpaired) electrons. The number of fused-ring (bicyclic) bond motifs is 1. The van der Waals surface area contributed by atoms with Crippen LogP contribution in [0.25, 0.3) is 22.4 Å². The Bertz CT molecular complexity index is 1540. The second-order valence-electron chi connectivity index (χ2n) is 9.48. The fourth-order valence-corrected chi connectivity index (χ4v) is 4.55. The molecule has 0 spiro atoms. The number of anilines is 2. The van der Waals surface area contributed by atoms with E-state index < -0.39 is 29.5 Å². The number of nitrogens with zero attached hydrogens (tertiary/aromatic N) is 5. The van der Waals surface area contributed by atoms with Gasteiger partial charge in [-0.05, 0) is 42.8 Å². The predicted molar refractivity (Wildman–Crippen MR) is 138 cm³/mol. The number of urea groups is 1. The molecular formula is C27H24F6N6O2. The molecule has 1 aliphatic heterocycles. The quantitative estimate of drug-likeness (QED) is 0.268. The van der Waals surface area contributed by atoms with Crippen LogP contribution in [-0.4, -0.2) is 52.2 Å². The van der Waals surface area contributed by atoms with Gasteiger partial charge in [0, 0.05) is 43.9 Å². The molecule has 0 unspecified atom stereocenters. The summed E-state index contributed by atoms with van der Waals surface area (Å²) in [5.74, 6) is 0.930. The van der Waals surface area contributed by atoms with Gasteiger partial charge in [-0.25, -0.2) is 9.78 Å². The Morgan fingerprint density at radius 2 is 1.61 bits per heavy atom. The molecule has 2 amide bonds. The summed E-state index contributed by atoms with van der Waals surface area (Å²) in [5, 5.41) is 7.01. The van der Waals surface area contributed by atoms with Crippen LogP contribution in [-0.2, 0) is 18.8 Å². The number of carbonyl (C=O) groups is 1. The zero-order valence-corrected chi connectivity index (χ0v) is 21.7. The Hall–Kier alpha value is -4.36. The molecule has 1 N–H and O–H groups in total. The molecule has 1 saturated heterocycles. The van der Waals surface area contributed by atoms with Crippen molar-refractivity contribution in [3.8, 4) is 11.3 Å². The molecule has 14 heteroatoms. The first kappa shape index (κ1) is 28.2. The molecule has 41 heavy (non-hydrogen) atoms. The Kier molecular flexibility index (Phi) is 7.49. The number of halogens is 6. The molecular weight excluding hydrogens is 554 g/mol. The Morgan fingerprint density at radius 3 is 2.24 bits per heavy atom. The third-order valence-corrected chi connectivity index (χ3v) is 6.63. The van der Waals surface area contributed by atoms with Crippen molar-refractivity contribution in [3.05, 3.63) is 65.5 Å². The number of alkyl halides is 6. The third kappa shape index (κ3) is 6.05. The largest absolute Gasteiger partial charge is 0.416 e. The van der Waals surface area contributed by atoms with Gasteiger partial charge in [0.1, 0.15) is 22.7 Å². The van der Waals surface area contributed by atoms with Crippen LogP contribution in [0.4, 0.5) is 42.6 Å². The highest BCUT2D eigenvalue weighted by atomic mass is 19.4. The van der Waals surface area contributed by atoms with Gasteiger partial charge in [0.15, 0.2) is 0 Å². The highest BCUT2D eigenvalue weighted by molar-refractivity contribution is 5.98. The second kappa shape index (κ2) is 10.9. The summed E-state index contributed by atoms with van der Waals surface area (Å²) < 4.78 is 84.0. The van der Waals surface area contributed by atoms with Crippen molar-refractivity contribution >= 4 is 28.6 Å². The van der Waals surface area contributed by atoms with E-state index in [1.54, 1.807) is 0 Å². The number of carbonyl (C=O) groups excluding carboxylic acids is 1. The second-order valence-corrected chi connectivity index (χ2v) is 9.48. The number of aryl methyl sites for hydroxylation is 1. The lowest BCUT2D eigenvalue weighted by Crippen LogP contribution is -2.50. The maximum atomic E-state index is 13.4. The van der Waals surface area contributed by atoms with Gasteiger partial charge >= 0.3 is 18.4 Å². The van der Waals surface area contributed by atoms with Crippen LogP contribution in [0.1, 0.15) is 30.3 Å². The molecule has 5 rings (SSSR count). The molecule has 3 heterocycles. The summed E-state index contributed by atoms with van der Waals surface area (Å²) in [6.07, 6.45) is -7.73. The molecule has 8 nitrogen and oxygen atoms in total. The molecule has 0 saturated carbocycles. The van der Waals surface area contributed by atoms with E-state index in [2.05, 4.69) is 15.5 Å². The topological polar surface area (TPSA) is 87.4 Å². The average Bonchev–Trinajstić information content (AvgIpc) is 3.36. The molecule has 2 aromatic heterocycles. The zero-order valence-electron chi connectivity index (χ0n) is 21.7. The van der Waals surface area contributed by atoms with Gasteiger partial charge < -0.3 is 19.6 Å². The fourth-order valence-electron chi connectivity index (χ4n) is 4.55. The number of hydrogen-bond donors (Lipinski definition) is 1. The summed E-state index contributed by atoms with van der Waals surface area (Å²) in [6.45, 7) is 3.11. The first-order chi connectivity index (χ1) is 19.4. The van der Waals surface area contributed by atoms with E-state index >= 15 is 0 Å². The van der Waals surface area contributed by atoms with E-state index in [-0.39, 0.29) is 35.7 Å². The molecule has 0 aliphatic carbocycles. The molecule has 216 valence electrons. The SMILES string of the molecule is CCCc1nc(N2CCN(C(=O)Nc3ccc(C(F)(F)F)cc3)CC2)c2c(-c3cccc(C(F)(F)F)c3)noc2n1. The van der Waals surface area contributed by atoms with Crippen LogP contribution in [0.2, 0.25) is 0 Å². The van der Waals surface area contributed by atoms with Crippen molar-refractivity contribution in [2.45, 2.75) is 32.1 Å². The van der Waals surface area contributed by atoms with Crippen LogP contribution in [0.5, 0.6) is 0 Å². The van der Waals surface area contributed by atoms with Crippen LogP contribution in [0, 0.1) is 0 Å². The molecule has 1 fully saturated rings. The Labute approximate surface area is 229 Å². The number of piperazine rings is 1. The molecule has 1 aliphatic rings. The Balaban J connectivity index is 1.38. The molecule has 0 atom stereocenters. The van der Waals surface area contributed by atoms with Crippen molar-refractivity contribution in [1.82, 2.24) is 20.0 Å². The first-order valence-electron chi connectivity index (χ1n) is 12.8. The van der Waals surface area contributed by atoms with Crippen molar-refractivity contribution < 1.29 is 35.7 Å². The van der Waals surface area contributed by atoms with Gasteiger partial charge in [-0.2, -0.15) is 31.3 Å². The van der Waals surface area contributed by atoms with E-state index in [1.807, 2.05) is 11.8 Å². The summed E-state index contributed by atoms with van der Waals surface area (Å²) in [5.41, 5.74) is -0.909. The van der Waals surface area contributed by atoms with Gasteiger partial charge in [0.2, 0.25) is 0 Å². The summed E-state index contributed by atoms with van der Waals surface area (Å²) >= 11 is 0. The molecule has 4 aromatic rings. The van der Waals surface area contributed by atoms with E-state index in [4.69, 9.17) is 9.51 Å². The van der Waals surface area contributed by atoms with Crippen molar-refractivity contribution in [3.63, 3.8) is 0 Å². The van der Waals surface area contributed by atoms with Gasteiger partial charge in [0.05, 0.1) is 11.1 Å². The van der Waals surface area contributed by atoms with Crippen molar-refractivity contribution in [2.75, 3.05) is 36.4 Å². The lowest BCUT2D eigenvalue weighted by atomic mass is 10.1. The highest BCUT2D eigenvalue weighted by Crippen LogP contribution is 2.37. The number of hydrogen-bond acceptors (Lipinski definition) is 6. The number of amides is 2. The van der Waals surface area contributed by atoms with Crippen LogP contribution in [0.3, 0.4) is 0 Å². The van der Waals surface area contributed by atoms with Crippen molar-refractivity contribution in [2.24, 2.45) is 0 Å². The maximum absolute atomic E-state index is 13.4. The minimum absolute atomic E-state index is 0.147. The monoisotopic (exact) mass is 578 g/mol. The lowest BCUT2D eigenvalue weighted by Gasteiger charge is -2.35. The summed E-state index contributed by atoms with van der Waals surface area (Å²) in [6, 6.07) is 8.43. The highest BCUT2D eigenvalue weighted by Gasteiger charge is 2.32. The van der Waals surface area contributed by atoms with E-state index in [0.717, 1.165) is 30.7 Å². The maximum Gasteiger partial charge on any atom is 0.416 e. The van der Waals surface area contributed by atoms with Gasteiger partial charge in [-0.3, -0.25) is 0 Å². The van der Waals surface area contributed by atoms with Crippen LogP contribution in [0.15, 0.2) is 53.1 Å². The first-order valence-corrected chi connectivity index (χ1v) is 12.8. The van der Waals surface area contributed by atoms with E-state index in [1.165, 1.54) is 29.2 Å².